The fraction of sp³-hybridized carbons (Fsp3) is 0.100. The van der Waals surface area contributed by atoms with Crippen molar-refractivity contribution in [3.05, 3.63) is 85.1 Å². The van der Waals surface area contributed by atoms with Crippen molar-refractivity contribution in [1.29, 1.82) is 0 Å². The quantitative estimate of drug-likeness (QED) is 0.612. The lowest BCUT2D eigenvalue weighted by molar-refractivity contribution is 1.09. The summed E-state index contributed by atoms with van der Waals surface area (Å²) in [5, 5.41) is 1.25. The molecule has 0 amide bonds. The Hall–Kier alpha value is -2.54. The van der Waals surface area contributed by atoms with Crippen LogP contribution in [0.3, 0.4) is 0 Å². The number of para-hydroxylation sites is 1. The average molecular weight is 275 g/mol. The van der Waals surface area contributed by atoms with Gasteiger partial charge in [-0.05, 0) is 26.0 Å². The van der Waals surface area contributed by atoms with Crippen LogP contribution in [-0.2, 0) is 0 Å². The maximum atomic E-state index is 3.76. The first kappa shape index (κ1) is 14.9. The van der Waals surface area contributed by atoms with Crippen molar-refractivity contribution in [3.8, 4) is 0 Å². The lowest BCUT2D eigenvalue weighted by Crippen LogP contribution is -1.97. The highest BCUT2D eigenvalue weighted by Gasteiger charge is 2.12. The predicted octanol–water partition coefficient (Wildman–Crippen LogP) is 5.75. The van der Waals surface area contributed by atoms with Crippen LogP contribution in [0.4, 0.5) is 0 Å². The SMILES string of the molecule is C=C/C=C\C(=C/C)n1c(C)c(/C=C\C=C)c2ccccc21. The van der Waals surface area contributed by atoms with Crippen LogP contribution in [0.25, 0.3) is 22.7 Å². The molecule has 0 radical (unpaired) electrons. The second-order valence-electron chi connectivity index (χ2n) is 4.75. The summed E-state index contributed by atoms with van der Waals surface area (Å²) in [6.07, 6.45) is 13.8. The van der Waals surface area contributed by atoms with E-state index in [1.54, 1.807) is 12.2 Å². The summed E-state index contributed by atoms with van der Waals surface area (Å²) in [5.74, 6) is 0. The Morgan fingerprint density at radius 1 is 1.10 bits per heavy atom. The number of hydrogen-bond donors (Lipinski definition) is 0. The first-order valence-corrected chi connectivity index (χ1v) is 7.09. The van der Waals surface area contributed by atoms with Crippen molar-refractivity contribution >= 4 is 22.7 Å². The van der Waals surface area contributed by atoms with E-state index < -0.39 is 0 Å². The Morgan fingerprint density at radius 2 is 1.81 bits per heavy atom. The standard InChI is InChI=1S/C20H21N/c1-5-8-12-17(7-3)21-16(4)18(13-9-6-2)19-14-10-11-15-20(19)21/h5-15H,1-2H2,3-4H3/b12-8-,13-9-,17-7+. The second kappa shape index (κ2) is 6.76. The first-order chi connectivity index (χ1) is 10.2. The number of nitrogens with zero attached hydrogens (tertiary/aromatic N) is 1. The van der Waals surface area contributed by atoms with E-state index in [4.69, 9.17) is 0 Å². The van der Waals surface area contributed by atoms with Crippen molar-refractivity contribution in [2.75, 3.05) is 0 Å². The Balaban J connectivity index is 2.77. The largest absolute Gasteiger partial charge is 0.314 e. The Bertz CT molecular complexity index is 751. The molecule has 0 saturated heterocycles. The molecule has 0 aliphatic carbocycles. The monoisotopic (exact) mass is 275 g/mol. The van der Waals surface area contributed by atoms with E-state index in [1.165, 1.54) is 22.2 Å². The highest BCUT2D eigenvalue weighted by Crippen LogP contribution is 2.30. The fourth-order valence-corrected chi connectivity index (χ4v) is 2.57. The van der Waals surface area contributed by atoms with Crippen molar-refractivity contribution in [2.24, 2.45) is 0 Å². The average Bonchev–Trinajstić information content (AvgIpc) is 2.79. The van der Waals surface area contributed by atoms with E-state index in [1.807, 2.05) is 12.2 Å². The molecule has 0 N–H and O–H groups in total. The summed E-state index contributed by atoms with van der Waals surface area (Å²) in [6, 6.07) is 8.46. The number of hydrogen-bond acceptors (Lipinski definition) is 0. The van der Waals surface area contributed by atoms with Crippen molar-refractivity contribution in [3.63, 3.8) is 0 Å². The molecule has 2 rings (SSSR count). The van der Waals surface area contributed by atoms with Gasteiger partial charge in [-0.1, -0.05) is 67.8 Å². The van der Waals surface area contributed by atoms with Crippen molar-refractivity contribution in [2.45, 2.75) is 13.8 Å². The second-order valence-corrected chi connectivity index (χ2v) is 4.75. The molecule has 1 nitrogen and oxygen atoms in total. The molecule has 1 aromatic carbocycles. The predicted molar refractivity (Wildman–Crippen MR) is 95.2 cm³/mol. The van der Waals surface area contributed by atoms with Gasteiger partial charge in [0.2, 0.25) is 0 Å². The van der Waals surface area contributed by atoms with Gasteiger partial charge in [0.1, 0.15) is 0 Å². The summed E-state index contributed by atoms with van der Waals surface area (Å²) in [4.78, 5) is 0. The van der Waals surface area contributed by atoms with E-state index in [0.29, 0.717) is 0 Å². The van der Waals surface area contributed by atoms with Gasteiger partial charge >= 0.3 is 0 Å². The van der Waals surface area contributed by atoms with Gasteiger partial charge in [0.15, 0.2) is 0 Å². The van der Waals surface area contributed by atoms with E-state index in [2.05, 4.69) is 74.1 Å². The number of rotatable bonds is 5. The molecule has 0 unspecified atom stereocenters. The van der Waals surface area contributed by atoms with Gasteiger partial charge in [-0.3, -0.25) is 0 Å². The minimum absolute atomic E-state index is 1.14. The molecule has 0 spiro atoms. The lowest BCUT2D eigenvalue weighted by atomic mass is 10.1. The van der Waals surface area contributed by atoms with E-state index in [0.717, 1.165) is 5.70 Å². The van der Waals surface area contributed by atoms with Gasteiger partial charge in [0.25, 0.3) is 0 Å². The zero-order valence-corrected chi connectivity index (χ0v) is 12.7. The fourth-order valence-electron chi connectivity index (χ4n) is 2.57. The van der Waals surface area contributed by atoms with Crippen LogP contribution in [0.15, 0.2) is 73.9 Å². The number of fused-ring (bicyclic) bond motifs is 1. The Kier molecular flexibility index (Phi) is 4.78. The summed E-state index contributed by atoms with van der Waals surface area (Å²) < 4.78 is 2.28. The maximum Gasteiger partial charge on any atom is 0.0537 e. The Labute approximate surface area is 126 Å². The van der Waals surface area contributed by atoms with Gasteiger partial charge < -0.3 is 4.57 Å². The molecule has 0 bridgehead atoms. The van der Waals surface area contributed by atoms with E-state index >= 15 is 0 Å². The van der Waals surface area contributed by atoms with Gasteiger partial charge in [0, 0.05) is 22.3 Å². The molecule has 0 atom stereocenters. The van der Waals surface area contributed by atoms with Crippen LogP contribution in [0.1, 0.15) is 18.2 Å². The van der Waals surface area contributed by atoms with Crippen LogP contribution in [0.2, 0.25) is 0 Å². The molecule has 1 aromatic heterocycles. The highest BCUT2D eigenvalue weighted by molar-refractivity contribution is 5.94. The van der Waals surface area contributed by atoms with Gasteiger partial charge in [-0.15, -0.1) is 0 Å². The normalized spacial score (nSPS) is 12.6. The third-order valence-electron chi connectivity index (χ3n) is 3.52. The number of allylic oxidation sites excluding steroid dienone is 7. The molecule has 106 valence electrons. The van der Waals surface area contributed by atoms with E-state index in [-0.39, 0.29) is 0 Å². The van der Waals surface area contributed by atoms with Gasteiger partial charge in [0.05, 0.1) is 5.52 Å². The molecule has 0 aliphatic rings. The highest BCUT2D eigenvalue weighted by atomic mass is 15.0. The molecule has 1 heterocycles. The number of benzene rings is 1. The minimum Gasteiger partial charge on any atom is -0.314 e. The van der Waals surface area contributed by atoms with Crippen LogP contribution in [0.5, 0.6) is 0 Å². The zero-order chi connectivity index (χ0) is 15.2. The summed E-state index contributed by atoms with van der Waals surface area (Å²) in [6.45, 7) is 11.7. The minimum atomic E-state index is 1.14. The van der Waals surface area contributed by atoms with Gasteiger partial charge in [-0.25, -0.2) is 0 Å². The molecule has 0 saturated carbocycles. The van der Waals surface area contributed by atoms with E-state index in [9.17, 15) is 0 Å². The molecular formula is C20H21N. The van der Waals surface area contributed by atoms with Crippen molar-refractivity contribution in [1.82, 2.24) is 4.57 Å². The van der Waals surface area contributed by atoms with Gasteiger partial charge in [-0.2, -0.15) is 0 Å². The van der Waals surface area contributed by atoms with Crippen LogP contribution in [-0.4, -0.2) is 4.57 Å². The third kappa shape index (κ3) is 2.82. The smallest absolute Gasteiger partial charge is 0.0537 e. The van der Waals surface area contributed by atoms with Crippen LogP contribution < -0.4 is 0 Å². The Morgan fingerprint density at radius 3 is 2.48 bits per heavy atom. The third-order valence-corrected chi connectivity index (χ3v) is 3.52. The van der Waals surface area contributed by atoms with Crippen molar-refractivity contribution < 1.29 is 0 Å². The van der Waals surface area contributed by atoms with Crippen LogP contribution >= 0.6 is 0 Å². The summed E-state index contributed by atoms with van der Waals surface area (Å²) in [7, 11) is 0. The first-order valence-electron chi connectivity index (χ1n) is 7.09. The van der Waals surface area contributed by atoms with Crippen LogP contribution in [0, 0.1) is 6.92 Å². The molecule has 21 heavy (non-hydrogen) atoms. The lowest BCUT2D eigenvalue weighted by Gasteiger charge is -2.09. The molecule has 0 fully saturated rings. The topological polar surface area (TPSA) is 4.93 Å². The molecular weight excluding hydrogens is 254 g/mol. The molecule has 2 aromatic rings. The summed E-state index contributed by atoms with van der Waals surface area (Å²) in [5.41, 5.74) is 4.80. The summed E-state index contributed by atoms with van der Waals surface area (Å²) >= 11 is 0. The maximum absolute atomic E-state index is 3.76. The zero-order valence-electron chi connectivity index (χ0n) is 12.7. The molecule has 1 heteroatoms. The number of aromatic nitrogens is 1. The molecule has 0 aliphatic heterocycles.